The second kappa shape index (κ2) is 10.1. The zero-order valence-electron chi connectivity index (χ0n) is 22.7. The number of amides is 1. The second-order valence-corrected chi connectivity index (χ2v) is 11.3. The van der Waals surface area contributed by atoms with Gasteiger partial charge in [-0.05, 0) is 69.7 Å². The fraction of sp³-hybridized carbons (Fsp3) is 0.483. The highest BCUT2D eigenvalue weighted by Crippen LogP contribution is 2.52. The summed E-state index contributed by atoms with van der Waals surface area (Å²) in [6, 6.07) is 7.65. The lowest BCUT2D eigenvalue weighted by Crippen LogP contribution is -2.45. The Balaban J connectivity index is 1.67. The molecule has 9 heteroatoms. The quantitative estimate of drug-likeness (QED) is 0.495. The van der Waals surface area contributed by atoms with E-state index in [2.05, 4.69) is 33.4 Å². The second-order valence-electron chi connectivity index (χ2n) is 11.3. The smallest absolute Gasteiger partial charge is 0.407 e. The standard InChI is InChI=1S/C29H34FN5O3/c1-16(2)29(23(15-31)25(32)37-26-24(29)17(3)34-35-26)21-10-18(9-20(11-21)14-30)7-8-19-12-22(13-19)33-27(36)38-28(4,5)6/h9-11,16,19,22H,12-14,32H2,1-6H3,(H,33,36)(H,34,35). The summed E-state index contributed by atoms with van der Waals surface area (Å²) in [5.41, 5.74) is 8.19. The van der Waals surface area contributed by atoms with Crippen LogP contribution in [0.25, 0.3) is 0 Å². The number of carbonyl (C=O) groups excluding carboxylic acids is 1. The van der Waals surface area contributed by atoms with Gasteiger partial charge in [-0.25, -0.2) is 9.18 Å². The van der Waals surface area contributed by atoms with E-state index in [0.29, 0.717) is 41.0 Å². The number of nitrogens with zero attached hydrogens (tertiary/aromatic N) is 2. The van der Waals surface area contributed by atoms with E-state index in [1.807, 2.05) is 47.6 Å². The van der Waals surface area contributed by atoms with Crippen molar-refractivity contribution < 1.29 is 18.7 Å². The van der Waals surface area contributed by atoms with Gasteiger partial charge < -0.3 is 20.5 Å². The minimum atomic E-state index is -0.996. The van der Waals surface area contributed by atoms with E-state index >= 15 is 0 Å². The van der Waals surface area contributed by atoms with Crippen LogP contribution in [-0.4, -0.2) is 27.9 Å². The Morgan fingerprint density at radius 3 is 2.68 bits per heavy atom. The van der Waals surface area contributed by atoms with E-state index in [1.165, 1.54) is 0 Å². The summed E-state index contributed by atoms with van der Waals surface area (Å²) < 4.78 is 25.1. The van der Waals surface area contributed by atoms with Gasteiger partial charge in [-0.3, -0.25) is 5.10 Å². The summed E-state index contributed by atoms with van der Waals surface area (Å²) in [5, 5.41) is 20.3. The van der Waals surface area contributed by atoms with Crippen LogP contribution < -0.4 is 15.8 Å². The molecule has 2 aliphatic rings. The SMILES string of the molecule is Cc1[nH]nc2c1C(c1cc(C#CC3CC(NC(=O)OC(C)(C)C)C3)cc(CF)c1)(C(C)C)C(C#N)=C(N)O2. The van der Waals surface area contributed by atoms with Crippen LogP contribution >= 0.6 is 0 Å². The molecule has 2 aromatic rings. The third-order valence-electron chi connectivity index (χ3n) is 7.02. The Labute approximate surface area is 222 Å². The van der Waals surface area contributed by atoms with E-state index in [9.17, 15) is 14.4 Å². The molecule has 1 aliphatic carbocycles. The molecule has 1 unspecified atom stereocenters. The van der Waals surface area contributed by atoms with Crippen LogP contribution in [0.15, 0.2) is 29.7 Å². The van der Waals surface area contributed by atoms with Crippen LogP contribution in [0.2, 0.25) is 0 Å². The molecule has 1 fully saturated rings. The van der Waals surface area contributed by atoms with Crippen LogP contribution in [-0.2, 0) is 16.8 Å². The Hall–Kier alpha value is -3.98. The van der Waals surface area contributed by atoms with Crippen molar-refractivity contribution >= 4 is 6.09 Å². The highest BCUT2D eigenvalue weighted by molar-refractivity contribution is 5.68. The molecule has 1 aromatic heterocycles. The number of nitriles is 1. The molecule has 38 heavy (non-hydrogen) atoms. The molecule has 200 valence electrons. The van der Waals surface area contributed by atoms with Gasteiger partial charge in [0.25, 0.3) is 0 Å². The van der Waals surface area contributed by atoms with Crippen molar-refractivity contribution in [1.29, 1.82) is 5.26 Å². The molecule has 0 radical (unpaired) electrons. The molecule has 1 amide bonds. The number of alkyl carbamates (subject to hydrolysis) is 1. The number of halogens is 1. The van der Waals surface area contributed by atoms with E-state index in [0.717, 1.165) is 5.69 Å². The normalized spacial score (nSPS) is 22.4. The zero-order valence-corrected chi connectivity index (χ0v) is 22.7. The third-order valence-corrected chi connectivity index (χ3v) is 7.02. The molecule has 0 spiro atoms. The summed E-state index contributed by atoms with van der Waals surface area (Å²) in [4.78, 5) is 12.0. The van der Waals surface area contributed by atoms with Crippen molar-refractivity contribution in [2.45, 2.75) is 78.1 Å². The van der Waals surface area contributed by atoms with Crippen LogP contribution in [0.1, 0.15) is 75.4 Å². The number of aryl methyl sites for hydroxylation is 1. The van der Waals surface area contributed by atoms with Crippen LogP contribution in [0.3, 0.4) is 0 Å². The molecule has 0 bridgehead atoms. The van der Waals surface area contributed by atoms with Gasteiger partial charge in [-0.15, -0.1) is 5.10 Å². The number of rotatable bonds is 4. The van der Waals surface area contributed by atoms with Gasteiger partial charge in [0.15, 0.2) is 0 Å². The molecular weight excluding hydrogens is 485 g/mol. The van der Waals surface area contributed by atoms with Gasteiger partial charge in [-0.1, -0.05) is 31.8 Å². The summed E-state index contributed by atoms with van der Waals surface area (Å²) in [5.74, 6) is 6.71. The Kier molecular flexibility index (Phi) is 7.16. The number of nitrogens with two attached hydrogens (primary N) is 1. The zero-order chi connectivity index (χ0) is 27.8. The number of benzene rings is 1. The van der Waals surface area contributed by atoms with E-state index < -0.39 is 23.8 Å². The first-order valence-electron chi connectivity index (χ1n) is 12.7. The van der Waals surface area contributed by atoms with Crippen molar-refractivity contribution in [1.82, 2.24) is 15.5 Å². The van der Waals surface area contributed by atoms with Gasteiger partial charge in [0.1, 0.15) is 23.9 Å². The Bertz CT molecular complexity index is 1380. The monoisotopic (exact) mass is 519 g/mol. The molecule has 8 nitrogen and oxygen atoms in total. The highest BCUT2D eigenvalue weighted by atomic mass is 19.1. The van der Waals surface area contributed by atoms with Crippen molar-refractivity contribution in [3.63, 3.8) is 0 Å². The fourth-order valence-corrected chi connectivity index (χ4v) is 5.34. The Morgan fingerprint density at radius 2 is 2.08 bits per heavy atom. The van der Waals surface area contributed by atoms with Crippen molar-refractivity contribution in [2.75, 3.05) is 0 Å². The fourth-order valence-electron chi connectivity index (χ4n) is 5.34. The average Bonchev–Trinajstić information content (AvgIpc) is 3.17. The lowest BCUT2D eigenvalue weighted by atomic mass is 9.61. The summed E-state index contributed by atoms with van der Waals surface area (Å²) in [6.07, 6.45) is 0.994. The van der Waals surface area contributed by atoms with Gasteiger partial charge in [0.05, 0.1) is 11.0 Å². The van der Waals surface area contributed by atoms with Gasteiger partial charge in [-0.2, -0.15) is 5.26 Å². The topological polar surface area (TPSA) is 126 Å². The first-order valence-corrected chi connectivity index (χ1v) is 12.7. The van der Waals surface area contributed by atoms with Gasteiger partial charge in [0, 0.05) is 23.2 Å². The molecular formula is C29H34FN5O3. The molecule has 4 rings (SSSR count). The lowest BCUT2D eigenvalue weighted by molar-refractivity contribution is 0.0467. The van der Waals surface area contributed by atoms with E-state index in [4.69, 9.17) is 15.2 Å². The first kappa shape index (κ1) is 27.1. The van der Waals surface area contributed by atoms with Crippen molar-refractivity contribution in [3.05, 3.63) is 57.6 Å². The number of ether oxygens (including phenoxy) is 2. The predicted molar refractivity (Wildman–Crippen MR) is 140 cm³/mol. The van der Waals surface area contributed by atoms with Gasteiger partial charge >= 0.3 is 6.09 Å². The number of aromatic nitrogens is 2. The first-order chi connectivity index (χ1) is 17.9. The number of nitrogens with one attached hydrogen (secondary N) is 2. The summed E-state index contributed by atoms with van der Waals surface area (Å²) >= 11 is 0. The number of alkyl halides is 1. The highest BCUT2D eigenvalue weighted by Gasteiger charge is 2.50. The Morgan fingerprint density at radius 1 is 1.37 bits per heavy atom. The number of aromatic amines is 1. The lowest BCUT2D eigenvalue weighted by Gasteiger charge is -2.41. The summed E-state index contributed by atoms with van der Waals surface area (Å²) in [6.45, 7) is 10.6. The number of carbonyl (C=O) groups is 1. The molecule has 1 atom stereocenters. The molecule has 1 aromatic carbocycles. The summed E-state index contributed by atoms with van der Waals surface area (Å²) in [7, 11) is 0. The van der Waals surface area contributed by atoms with Gasteiger partial charge in [0.2, 0.25) is 11.8 Å². The van der Waals surface area contributed by atoms with Crippen molar-refractivity contribution in [3.8, 4) is 23.8 Å². The maximum absolute atomic E-state index is 14.1. The number of hydrogen-bond acceptors (Lipinski definition) is 6. The molecule has 2 heterocycles. The van der Waals surface area contributed by atoms with Crippen molar-refractivity contribution in [2.24, 2.45) is 17.6 Å². The van der Waals surface area contributed by atoms with E-state index in [1.54, 1.807) is 12.1 Å². The number of hydrogen-bond donors (Lipinski definition) is 3. The predicted octanol–water partition coefficient (Wildman–Crippen LogP) is 4.87. The molecule has 4 N–H and O–H groups in total. The third kappa shape index (κ3) is 4.93. The molecule has 0 saturated heterocycles. The maximum Gasteiger partial charge on any atom is 0.407 e. The van der Waals surface area contributed by atoms with Crippen LogP contribution in [0.5, 0.6) is 5.88 Å². The average molecular weight is 520 g/mol. The molecule has 1 aliphatic heterocycles. The largest absolute Gasteiger partial charge is 0.444 e. The van der Waals surface area contributed by atoms with E-state index in [-0.39, 0.29) is 29.3 Å². The number of H-pyrrole nitrogens is 1. The minimum Gasteiger partial charge on any atom is -0.444 e. The number of allylic oxidation sites excluding steroid dienone is 1. The van der Waals surface area contributed by atoms with Crippen LogP contribution in [0, 0.1) is 41.9 Å². The number of fused-ring (bicyclic) bond motifs is 1. The van der Waals surface area contributed by atoms with Crippen LogP contribution in [0.4, 0.5) is 9.18 Å². The minimum absolute atomic E-state index is 0.0112. The molecule has 1 saturated carbocycles. The maximum atomic E-state index is 14.1.